The van der Waals surface area contributed by atoms with E-state index in [4.69, 9.17) is 16.3 Å². The van der Waals surface area contributed by atoms with Crippen LogP contribution in [0, 0.1) is 0 Å². The number of ether oxygens (including phenoxy) is 1. The normalized spacial score (nSPS) is 15.0. The molecule has 1 aliphatic carbocycles. The van der Waals surface area contributed by atoms with Crippen LogP contribution in [0.2, 0.25) is 5.02 Å². The molecule has 3 rings (SSSR count). The van der Waals surface area contributed by atoms with Crippen LogP contribution in [0.3, 0.4) is 0 Å². The van der Waals surface area contributed by atoms with Crippen LogP contribution in [0.4, 0.5) is 0 Å². The van der Waals surface area contributed by atoms with Gasteiger partial charge in [-0.3, -0.25) is 9.59 Å². The third-order valence-electron chi connectivity index (χ3n) is 6.15. The number of carbonyl (C=O) groups excluding carboxylic acids is 2. The third kappa shape index (κ3) is 8.08. The van der Waals surface area contributed by atoms with E-state index in [-0.39, 0.29) is 17.9 Å². The van der Waals surface area contributed by atoms with Crippen LogP contribution in [0.5, 0.6) is 5.75 Å². The Morgan fingerprint density at radius 1 is 1.06 bits per heavy atom. The highest BCUT2D eigenvalue weighted by atomic mass is 35.5. The maximum absolute atomic E-state index is 13.3. The topological polar surface area (TPSA) is 58.6 Å². The molecule has 0 aliphatic heterocycles. The number of benzene rings is 2. The first kappa shape index (κ1) is 25.1. The van der Waals surface area contributed by atoms with E-state index in [1.807, 2.05) is 49.4 Å². The second-order valence-electron chi connectivity index (χ2n) is 8.68. The summed E-state index contributed by atoms with van der Waals surface area (Å²) in [4.78, 5) is 28.2. The highest BCUT2D eigenvalue weighted by Crippen LogP contribution is 2.20. The minimum atomic E-state index is -0.475. The zero-order valence-corrected chi connectivity index (χ0v) is 20.2. The summed E-state index contributed by atoms with van der Waals surface area (Å²) < 4.78 is 5.74. The van der Waals surface area contributed by atoms with Crippen molar-refractivity contribution in [3.63, 3.8) is 0 Å². The summed E-state index contributed by atoms with van der Waals surface area (Å²) in [5, 5.41) is 3.87. The molecule has 0 spiro atoms. The third-order valence-corrected chi connectivity index (χ3v) is 6.40. The average molecular weight is 471 g/mol. The SMILES string of the molecule is CCC(C(=O)NC1CCCCC1)N(Cc1ccccc1)C(=O)CCCOc1ccc(Cl)cc1. The summed E-state index contributed by atoms with van der Waals surface area (Å²) in [6, 6.07) is 16.8. The quantitative estimate of drug-likeness (QED) is 0.425. The molecule has 1 aliphatic rings. The lowest BCUT2D eigenvalue weighted by Gasteiger charge is -2.33. The standard InChI is InChI=1S/C27H35ClN2O3/c1-2-25(27(32)29-23-12-7-4-8-13-23)30(20-21-10-5-3-6-11-21)26(31)14-9-19-33-24-17-15-22(28)16-18-24/h3,5-6,10-11,15-18,23,25H,2,4,7-9,12-14,19-20H2,1H3,(H,29,32). The van der Waals surface area contributed by atoms with Crippen LogP contribution in [-0.2, 0) is 16.1 Å². The number of carbonyl (C=O) groups is 2. The smallest absolute Gasteiger partial charge is 0.243 e. The maximum atomic E-state index is 13.3. The van der Waals surface area contributed by atoms with Crippen molar-refractivity contribution in [1.82, 2.24) is 10.2 Å². The maximum Gasteiger partial charge on any atom is 0.243 e. The van der Waals surface area contributed by atoms with Crippen molar-refractivity contribution < 1.29 is 14.3 Å². The highest BCUT2D eigenvalue weighted by Gasteiger charge is 2.30. The molecule has 1 fully saturated rings. The summed E-state index contributed by atoms with van der Waals surface area (Å²) in [6.45, 7) is 2.83. The van der Waals surface area contributed by atoms with E-state index in [1.165, 1.54) is 6.42 Å². The largest absolute Gasteiger partial charge is 0.494 e. The molecule has 1 N–H and O–H groups in total. The highest BCUT2D eigenvalue weighted by molar-refractivity contribution is 6.30. The van der Waals surface area contributed by atoms with Crippen molar-refractivity contribution >= 4 is 23.4 Å². The lowest BCUT2D eigenvalue weighted by Crippen LogP contribution is -2.51. The molecule has 1 unspecified atom stereocenters. The van der Waals surface area contributed by atoms with Crippen LogP contribution in [-0.4, -0.2) is 35.4 Å². The Morgan fingerprint density at radius 3 is 2.42 bits per heavy atom. The van der Waals surface area contributed by atoms with E-state index in [2.05, 4.69) is 5.32 Å². The summed E-state index contributed by atoms with van der Waals surface area (Å²) in [5.41, 5.74) is 1.02. The van der Waals surface area contributed by atoms with Crippen molar-refractivity contribution in [2.45, 2.75) is 76.9 Å². The molecule has 178 valence electrons. The van der Waals surface area contributed by atoms with Gasteiger partial charge in [-0.15, -0.1) is 0 Å². The number of nitrogens with zero attached hydrogens (tertiary/aromatic N) is 1. The minimum absolute atomic E-state index is 0.0239. The Balaban J connectivity index is 1.61. The van der Waals surface area contributed by atoms with Gasteiger partial charge >= 0.3 is 0 Å². The van der Waals surface area contributed by atoms with Gasteiger partial charge in [-0.2, -0.15) is 0 Å². The first-order valence-electron chi connectivity index (χ1n) is 12.1. The molecule has 0 bridgehead atoms. The predicted molar refractivity (Wildman–Crippen MR) is 132 cm³/mol. The summed E-state index contributed by atoms with van der Waals surface area (Å²) in [6.07, 6.45) is 7.08. The second kappa shape index (κ2) is 13.2. The molecule has 1 atom stereocenters. The Bertz CT molecular complexity index is 867. The fraction of sp³-hybridized carbons (Fsp3) is 0.481. The van der Waals surface area contributed by atoms with Gasteiger partial charge < -0.3 is 15.0 Å². The van der Waals surface area contributed by atoms with Crippen LogP contribution >= 0.6 is 11.6 Å². The van der Waals surface area contributed by atoms with Gasteiger partial charge in [0, 0.05) is 24.0 Å². The predicted octanol–water partition coefficient (Wildman–Crippen LogP) is 5.76. The van der Waals surface area contributed by atoms with E-state index in [0.717, 1.165) is 37.0 Å². The van der Waals surface area contributed by atoms with Crippen LogP contribution < -0.4 is 10.1 Å². The number of amides is 2. The molecule has 0 aromatic heterocycles. The van der Waals surface area contributed by atoms with Crippen molar-refractivity contribution in [3.8, 4) is 5.75 Å². The fourth-order valence-corrected chi connectivity index (χ4v) is 4.46. The van der Waals surface area contributed by atoms with Crippen molar-refractivity contribution in [1.29, 1.82) is 0 Å². The monoisotopic (exact) mass is 470 g/mol. The Kier molecular flexibility index (Phi) is 10.1. The summed E-state index contributed by atoms with van der Waals surface area (Å²) in [5.74, 6) is 0.668. The summed E-state index contributed by atoms with van der Waals surface area (Å²) in [7, 11) is 0. The van der Waals surface area contributed by atoms with Gasteiger partial charge in [0.25, 0.3) is 0 Å². The zero-order chi connectivity index (χ0) is 23.5. The number of rotatable bonds is 11. The van der Waals surface area contributed by atoms with Crippen molar-refractivity contribution in [2.24, 2.45) is 0 Å². The number of hydrogen-bond acceptors (Lipinski definition) is 3. The van der Waals surface area contributed by atoms with Gasteiger partial charge in [0.2, 0.25) is 11.8 Å². The molecule has 2 aromatic carbocycles. The van der Waals surface area contributed by atoms with Gasteiger partial charge in [0.1, 0.15) is 11.8 Å². The van der Waals surface area contributed by atoms with Crippen LogP contribution in [0.1, 0.15) is 63.9 Å². The first-order chi connectivity index (χ1) is 16.1. The molecule has 0 saturated heterocycles. The second-order valence-corrected chi connectivity index (χ2v) is 9.12. The molecule has 33 heavy (non-hydrogen) atoms. The average Bonchev–Trinajstić information content (AvgIpc) is 2.84. The van der Waals surface area contributed by atoms with Crippen LogP contribution in [0.25, 0.3) is 0 Å². The molecule has 6 heteroatoms. The number of nitrogens with one attached hydrogen (secondary N) is 1. The molecule has 2 aromatic rings. The van der Waals surface area contributed by atoms with Gasteiger partial charge in [0.05, 0.1) is 6.61 Å². The van der Waals surface area contributed by atoms with Gasteiger partial charge in [-0.1, -0.05) is 68.1 Å². The molecule has 5 nitrogen and oxygen atoms in total. The number of hydrogen-bond donors (Lipinski definition) is 1. The first-order valence-corrected chi connectivity index (χ1v) is 12.5. The van der Waals surface area contributed by atoms with Crippen molar-refractivity contribution in [3.05, 3.63) is 65.2 Å². The fourth-order valence-electron chi connectivity index (χ4n) is 4.33. The molecule has 0 radical (unpaired) electrons. The molecular formula is C27H35ClN2O3. The Labute approximate surface area is 202 Å². The van der Waals surface area contributed by atoms with Gasteiger partial charge in [-0.05, 0) is 55.5 Å². The lowest BCUT2D eigenvalue weighted by molar-refractivity contribution is -0.142. The van der Waals surface area contributed by atoms with E-state index in [1.54, 1.807) is 17.0 Å². The van der Waals surface area contributed by atoms with Crippen LogP contribution in [0.15, 0.2) is 54.6 Å². The van der Waals surface area contributed by atoms with E-state index >= 15 is 0 Å². The van der Waals surface area contributed by atoms with Crippen molar-refractivity contribution in [2.75, 3.05) is 6.61 Å². The summed E-state index contributed by atoms with van der Waals surface area (Å²) >= 11 is 5.91. The lowest BCUT2D eigenvalue weighted by atomic mass is 9.95. The Hall–Kier alpha value is -2.53. The number of halogens is 1. The Morgan fingerprint density at radius 2 is 1.76 bits per heavy atom. The molecular weight excluding hydrogens is 436 g/mol. The molecule has 1 saturated carbocycles. The minimum Gasteiger partial charge on any atom is -0.494 e. The van der Waals surface area contributed by atoms with Gasteiger partial charge in [-0.25, -0.2) is 0 Å². The van der Waals surface area contributed by atoms with E-state index in [9.17, 15) is 9.59 Å². The van der Waals surface area contributed by atoms with E-state index in [0.29, 0.717) is 37.4 Å². The molecule has 0 heterocycles. The zero-order valence-electron chi connectivity index (χ0n) is 19.5. The molecule has 2 amide bonds. The van der Waals surface area contributed by atoms with E-state index < -0.39 is 6.04 Å². The van der Waals surface area contributed by atoms with Gasteiger partial charge in [0.15, 0.2) is 0 Å².